The van der Waals surface area contributed by atoms with Crippen molar-refractivity contribution < 1.29 is 17.7 Å². The summed E-state index contributed by atoms with van der Waals surface area (Å²) in [5.74, 6) is 0. The van der Waals surface area contributed by atoms with Gasteiger partial charge in [-0.3, -0.25) is 0 Å². The average Bonchev–Trinajstić information content (AvgIpc) is 3.02. The molecular formula is C15H20BN3O4S. The Labute approximate surface area is 141 Å². The summed E-state index contributed by atoms with van der Waals surface area (Å²) in [6.07, 6.45) is 3.48. The highest BCUT2D eigenvalue weighted by atomic mass is 32.2. The minimum Gasteiger partial charge on any atom is -0.399 e. The van der Waals surface area contributed by atoms with Crippen molar-refractivity contribution in [1.29, 1.82) is 0 Å². The molecule has 0 radical (unpaired) electrons. The van der Waals surface area contributed by atoms with Gasteiger partial charge in [0.1, 0.15) is 0 Å². The molecule has 2 N–H and O–H groups in total. The van der Waals surface area contributed by atoms with Gasteiger partial charge in [0.25, 0.3) is 0 Å². The summed E-state index contributed by atoms with van der Waals surface area (Å²) in [5, 5.41) is 9.39. The van der Waals surface area contributed by atoms with Crippen LogP contribution in [0.4, 0.5) is 0 Å². The third-order valence-corrected chi connectivity index (χ3v) is 5.49. The average molecular weight is 349 g/mol. The Balaban J connectivity index is 1.84. The van der Waals surface area contributed by atoms with E-state index in [1.165, 1.54) is 12.1 Å². The summed E-state index contributed by atoms with van der Waals surface area (Å²) < 4.78 is 36.2. The molecule has 1 aromatic carbocycles. The molecule has 0 aliphatic carbocycles. The molecule has 9 heteroatoms. The highest BCUT2D eigenvalue weighted by Gasteiger charge is 2.52. The Bertz CT molecular complexity index is 843. The third kappa shape index (κ3) is 3.00. The fraction of sp³-hybridized carbons (Fsp3) is 0.400. The standard InChI is InChI=1S/C15H20BN3O4S/c1-14(2)15(3,4)23-16(22-14)11-9-18-19(10-11)12-5-7-13(8-6-12)24(17,20)21/h5-10H,1-4H3,(H2,17,20,21). The minimum absolute atomic E-state index is 0.0598. The Kier molecular flexibility index (Phi) is 3.87. The lowest BCUT2D eigenvalue weighted by atomic mass is 9.82. The molecule has 1 aliphatic heterocycles. The predicted octanol–water partition coefficient (Wildman–Crippen LogP) is 0.819. The summed E-state index contributed by atoms with van der Waals surface area (Å²) in [6.45, 7) is 7.96. The maximum absolute atomic E-state index is 11.3. The van der Waals surface area contributed by atoms with Gasteiger partial charge in [0, 0.05) is 17.9 Å². The van der Waals surface area contributed by atoms with Gasteiger partial charge < -0.3 is 9.31 Å². The maximum Gasteiger partial charge on any atom is 0.498 e. The zero-order valence-corrected chi connectivity index (χ0v) is 14.9. The molecule has 0 amide bonds. The Morgan fingerprint density at radius 1 is 1.08 bits per heavy atom. The first-order valence-electron chi connectivity index (χ1n) is 7.53. The molecule has 0 atom stereocenters. The van der Waals surface area contributed by atoms with Crippen LogP contribution < -0.4 is 10.6 Å². The number of rotatable bonds is 3. The lowest BCUT2D eigenvalue weighted by Crippen LogP contribution is -2.41. The Hall–Kier alpha value is -1.68. The topological polar surface area (TPSA) is 96.4 Å². The van der Waals surface area contributed by atoms with Crippen molar-refractivity contribution in [2.45, 2.75) is 43.8 Å². The fourth-order valence-electron chi connectivity index (χ4n) is 2.37. The van der Waals surface area contributed by atoms with Crippen LogP contribution in [0.25, 0.3) is 5.69 Å². The number of primary sulfonamides is 1. The number of hydrogen-bond donors (Lipinski definition) is 1. The van der Waals surface area contributed by atoms with Gasteiger partial charge in [-0.15, -0.1) is 0 Å². The molecule has 2 heterocycles. The van der Waals surface area contributed by atoms with Crippen molar-refractivity contribution in [2.75, 3.05) is 0 Å². The number of nitrogens with zero attached hydrogens (tertiary/aromatic N) is 2. The summed E-state index contributed by atoms with van der Waals surface area (Å²) in [4.78, 5) is 0.0598. The lowest BCUT2D eigenvalue weighted by molar-refractivity contribution is 0.00578. The van der Waals surface area contributed by atoms with Crippen molar-refractivity contribution in [3.63, 3.8) is 0 Å². The van der Waals surface area contributed by atoms with Crippen LogP contribution in [0.3, 0.4) is 0 Å². The van der Waals surface area contributed by atoms with Gasteiger partial charge in [-0.25, -0.2) is 18.2 Å². The first-order chi connectivity index (χ1) is 11.0. The smallest absolute Gasteiger partial charge is 0.399 e. The maximum atomic E-state index is 11.3. The van der Waals surface area contributed by atoms with E-state index < -0.39 is 28.3 Å². The van der Waals surface area contributed by atoms with Crippen molar-refractivity contribution in [1.82, 2.24) is 9.78 Å². The molecule has 3 rings (SSSR count). The van der Waals surface area contributed by atoms with Crippen LogP contribution in [0.15, 0.2) is 41.6 Å². The molecule has 24 heavy (non-hydrogen) atoms. The van der Waals surface area contributed by atoms with E-state index in [1.54, 1.807) is 29.2 Å². The molecule has 0 bridgehead atoms. The van der Waals surface area contributed by atoms with E-state index in [-0.39, 0.29) is 4.90 Å². The monoisotopic (exact) mass is 349 g/mol. The molecule has 1 saturated heterocycles. The van der Waals surface area contributed by atoms with Crippen molar-refractivity contribution in [2.24, 2.45) is 5.14 Å². The summed E-state index contributed by atoms with van der Waals surface area (Å²) in [5.41, 5.74) is 0.669. The minimum atomic E-state index is -3.71. The fourth-order valence-corrected chi connectivity index (χ4v) is 2.88. The largest absolute Gasteiger partial charge is 0.498 e. The van der Waals surface area contributed by atoms with Crippen molar-refractivity contribution in [3.8, 4) is 5.69 Å². The Morgan fingerprint density at radius 2 is 1.62 bits per heavy atom. The number of aromatic nitrogens is 2. The van der Waals surface area contributed by atoms with Gasteiger partial charge in [-0.2, -0.15) is 5.10 Å². The summed E-state index contributed by atoms with van der Waals surface area (Å²) in [6, 6.07) is 6.17. The van der Waals surface area contributed by atoms with E-state index in [1.807, 2.05) is 27.7 Å². The number of nitrogens with two attached hydrogens (primary N) is 1. The number of sulfonamides is 1. The molecule has 0 spiro atoms. The SMILES string of the molecule is CC1(C)OB(c2cnn(-c3ccc(S(N)(=O)=O)cc3)c2)OC1(C)C. The van der Waals surface area contributed by atoms with Crippen LogP contribution in [-0.2, 0) is 19.3 Å². The summed E-state index contributed by atoms with van der Waals surface area (Å²) >= 11 is 0. The van der Waals surface area contributed by atoms with Crippen LogP contribution in [0.2, 0.25) is 0 Å². The van der Waals surface area contributed by atoms with E-state index >= 15 is 0 Å². The molecule has 7 nitrogen and oxygen atoms in total. The predicted molar refractivity (Wildman–Crippen MR) is 90.7 cm³/mol. The number of hydrogen-bond acceptors (Lipinski definition) is 5. The second-order valence-corrected chi connectivity index (χ2v) is 8.41. The summed E-state index contributed by atoms with van der Waals surface area (Å²) in [7, 11) is -4.20. The van der Waals surface area contributed by atoms with Crippen molar-refractivity contribution >= 4 is 22.6 Å². The van der Waals surface area contributed by atoms with Gasteiger partial charge in [0.05, 0.1) is 21.8 Å². The Morgan fingerprint density at radius 3 is 2.12 bits per heavy atom. The molecule has 1 fully saturated rings. The molecule has 1 aromatic heterocycles. The first kappa shape index (κ1) is 17.2. The van der Waals surface area contributed by atoms with Crippen LogP contribution in [-0.4, -0.2) is 36.5 Å². The van der Waals surface area contributed by atoms with Gasteiger partial charge in [0.15, 0.2) is 0 Å². The quantitative estimate of drug-likeness (QED) is 0.828. The zero-order chi connectivity index (χ0) is 17.8. The molecule has 1 aliphatic rings. The van der Waals surface area contributed by atoms with E-state index in [4.69, 9.17) is 14.4 Å². The van der Waals surface area contributed by atoms with Crippen LogP contribution in [0.5, 0.6) is 0 Å². The van der Waals surface area contributed by atoms with Crippen LogP contribution >= 0.6 is 0 Å². The zero-order valence-electron chi connectivity index (χ0n) is 14.1. The van der Waals surface area contributed by atoms with Gasteiger partial charge in [-0.1, -0.05) is 0 Å². The van der Waals surface area contributed by atoms with Crippen molar-refractivity contribution in [3.05, 3.63) is 36.7 Å². The van der Waals surface area contributed by atoms with Gasteiger partial charge in [0.2, 0.25) is 10.0 Å². The second-order valence-electron chi connectivity index (χ2n) is 6.85. The normalized spacial score (nSPS) is 19.6. The second kappa shape index (κ2) is 5.42. The molecular weight excluding hydrogens is 329 g/mol. The van der Waals surface area contributed by atoms with Gasteiger partial charge in [-0.05, 0) is 52.0 Å². The molecule has 128 valence electrons. The van der Waals surface area contributed by atoms with Gasteiger partial charge >= 0.3 is 7.12 Å². The first-order valence-corrected chi connectivity index (χ1v) is 9.08. The van der Waals surface area contributed by atoms with E-state index in [0.29, 0.717) is 5.69 Å². The molecule has 0 saturated carbocycles. The van der Waals surface area contributed by atoms with Crippen LogP contribution in [0, 0.1) is 0 Å². The number of benzene rings is 1. The third-order valence-electron chi connectivity index (χ3n) is 4.56. The van der Waals surface area contributed by atoms with E-state index in [0.717, 1.165) is 5.46 Å². The highest BCUT2D eigenvalue weighted by molar-refractivity contribution is 7.89. The molecule has 0 unspecified atom stereocenters. The lowest BCUT2D eigenvalue weighted by Gasteiger charge is -2.32. The van der Waals surface area contributed by atoms with E-state index in [9.17, 15) is 8.42 Å². The molecule has 2 aromatic rings. The van der Waals surface area contributed by atoms with E-state index in [2.05, 4.69) is 5.10 Å². The highest BCUT2D eigenvalue weighted by Crippen LogP contribution is 2.36. The van der Waals surface area contributed by atoms with Crippen LogP contribution in [0.1, 0.15) is 27.7 Å².